The fraction of sp³-hybridized carbons (Fsp3) is 0.241. The van der Waals surface area contributed by atoms with Crippen molar-refractivity contribution in [2.75, 3.05) is 19.4 Å². The van der Waals surface area contributed by atoms with E-state index in [9.17, 15) is 13.6 Å². The Bertz CT molecular complexity index is 1330. The number of benzene rings is 3. The van der Waals surface area contributed by atoms with Crippen molar-refractivity contribution in [1.82, 2.24) is 15.1 Å². The normalized spacial score (nSPS) is 13.1. The molecule has 0 saturated heterocycles. The average molecular weight is 505 g/mol. The molecule has 2 N–H and O–H groups in total. The molecular weight excluding hydrogens is 474 g/mol. The van der Waals surface area contributed by atoms with Gasteiger partial charge in [0.25, 0.3) is 0 Å². The Labute approximate surface area is 215 Å². The van der Waals surface area contributed by atoms with E-state index in [2.05, 4.69) is 81.7 Å². The summed E-state index contributed by atoms with van der Waals surface area (Å²) in [5.41, 5.74) is 5.15. The number of hydrogen-bond acceptors (Lipinski definition) is 4. The molecule has 4 aromatic rings. The van der Waals surface area contributed by atoms with E-state index in [1.165, 1.54) is 35.4 Å². The summed E-state index contributed by atoms with van der Waals surface area (Å²) in [5.74, 6) is 0.193. The zero-order valence-electron chi connectivity index (χ0n) is 20.8. The molecule has 0 radical (unpaired) electrons. The van der Waals surface area contributed by atoms with Gasteiger partial charge in [0.15, 0.2) is 0 Å². The van der Waals surface area contributed by atoms with Crippen LogP contribution in [0.3, 0.4) is 0 Å². The van der Waals surface area contributed by atoms with Gasteiger partial charge in [0.05, 0.1) is 11.2 Å². The number of alkyl halides is 2. The number of carbonyl (C=O) groups is 1. The number of rotatable bonds is 8. The van der Waals surface area contributed by atoms with Gasteiger partial charge in [-0.15, -0.1) is 0 Å². The van der Waals surface area contributed by atoms with Crippen LogP contribution in [-0.2, 0) is 11.3 Å². The number of anilines is 1. The molecule has 1 saturated carbocycles. The van der Waals surface area contributed by atoms with Crippen molar-refractivity contribution < 1.29 is 18.3 Å². The summed E-state index contributed by atoms with van der Waals surface area (Å²) in [4.78, 5) is 13.5. The standard InChI is InChI=1S/C18H19N3.C11H11F2NO2/c1-21(2)13-15-9-7-14(8-10-15)11-12-18-16-5-3-4-6-17(16)19-20-18;12-11(13)16-9-5-3-8(4-6-9)14-10(15)7-1-2-7/h3-12H,13H2,1-2H3,(H,19,20);3-7,11H,1-2H2,(H,14,15)/b12-11+;. The molecule has 0 unspecified atom stereocenters. The summed E-state index contributed by atoms with van der Waals surface area (Å²) in [6.45, 7) is -1.86. The number of amides is 1. The summed E-state index contributed by atoms with van der Waals surface area (Å²) in [6, 6.07) is 22.7. The Morgan fingerprint density at radius 1 is 1.05 bits per heavy atom. The molecule has 0 spiro atoms. The largest absolute Gasteiger partial charge is 0.435 e. The first-order valence-corrected chi connectivity index (χ1v) is 12.1. The molecule has 6 nitrogen and oxygen atoms in total. The summed E-state index contributed by atoms with van der Waals surface area (Å²) in [7, 11) is 4.16. The third-order valence-corrected chi connectivity index (χ3v) is 5.71. The molecule has 1 heterocycles. The second-order valence-corrected chi connectivity index (χ2v) is 9.13. The number of nitrogens with one attached hydrogen (secondary N) is 2. The third-order valence-electron chi connectivity index (χ3n) is 5.71. The molecule has 1 aliphatic rings. The zero-order valence-corrected chi connectivity index (χ0v) is 20.8. The van der Waals surface area contributed by atoms with Gasteiger partial charge in [-0.1, -0.05) is 48.5 Å². The summed E-state index contributed by atoms with van der Waals surface area (Å²) < 4.78 is 27.9. The minimum Gasteiger partial charge on any atom is -0.435 e. The second-order valence-electron chi connectivity index (χ2n) is 9.13. The number of nitrogens with zero attached hydrogens (tertiary/aromatic N) is 2. The Morgan fingerprint density at radius 2 is 1.76 bits per heavy atom. The lowest BCUT2D eigenvalue weighted by molar-refractivity contribution is -0.117. The van der Waals surface area contributed by atoms with E-state index in [1.54, 1.807) is 0 Å². The highest BCUT2D eigenvalue weighted by Crippen LogP contribution is 2.30. The first-order valence-electron chi connectivity index (χ1n) is 12.1. The van der Waals surface area contributed by atoms with Crippen LogP contribution < -0.4 is 10.1 Å². The zero-order chi connectivity index (χ0) is 26.2. The highest BCUT2D eigenvalue weighted by molar-refractivity contribution is 5.94. The van der Waals surface area contributed by atoms with Crippen LogP contribution in [0, 0.1) is 5.92 Å². The van der Waals surface area contributed by atoms with Gasteiger partial charge in [-0.2, -0.15) is 13.9 Å². The minimum atomic E-state index is -2.83. The summed E-state index contributed by atoms with van der Waals surface area (Å²) in [5, 5.41) is 11.3. The summed E-state index contributed by atoms with van der Waals surface area (Å²) >= 11 is 0. The van der Waals surface area contributed by atoms with Crippen LogP contribution in [0.2, 0.25) is 0 Å². The summed E-state index contributed by atoms with van der Waals surface area (Å²) in [6.07, 6.45) is 6.01. The van der Waals surface area contributed by atoms with Crippen LogP contribution in [0.1, 0.15) is 29.7 Å². The topological polar surface area (TPSA) is 70.2 Å². The maximum absolute atomic E-state index is 11.9. The van der Waals surface area contributed by atoms with E-state index < -0.39 is 6.61 Å². The van der Waals surface area contributed by atoms with E-state index >= 15 is 0 Å². The van der Waals surface area contributed by atoms with Crippen molar-refractivity contribution in [2.24, 2.45) is 5.92 Å². The fourth-order valence-corrected chi connectivity index (χ4v) is 3.70. The maximum Gasteiger partial charge on any atom is 0.387 e. The molecule has 0 bridgehead atoms. The number of H-pyrrole nitrogens is 1. The van der Waals surface area contributed by atoms with Crippen molar-refractivity contribution in [3.8, 4) is 5.75 Å². The van der Waals surface area contributed by atoms with Crippen LogP contribution >= 0.6 is 0 Å². The van der Waals surface area contributed by atoms with Gasteiger partial charge in [-0.25, -0.2) is 0 Å². The van der Waals surface area contributed by atoms with Crippen LogP contribution in [0.5, 0.6) is 5.75 Å². The molecule has 1 fully saturated rings. The van der Waals surface area contributed by atoms with Gasteiger partial charge >= 0.3 is 6.61 Å². The second kappa shape index (κ2) is 12.3. The van der Waals surface area contributed by atoms with Gasteiger partial charge in [0.2, 0.25) is 5.91 Å². The molecule has 1 aliphatic carbocycles. The van der Waals surface area contributed by atoms with E-state index in [-0.39, 0.29) is 17.6 Å². The number of carbonyl (C=O) groups excluding carboxylic acids is 1. The van der Waals surface area contributed by atoms with Crippen molar-refractivity contribution >= 4 is 34.6 Å². The lowest BCUT2D eigenvalue weighted by Gasteiger charge is -2.09. The molecule has 0 aliphatic heterocycles. The molecule has 1 amide bonds. The number of para-hydroxylation sites is 1. The molecule has 3 aromatic carbocycles. The third kappa shape index (κ3) is 7.98. The monoisotopic (exact) mass is 504 g/mol. The van der Waals surface area contributed by atoms with Crippen molar-refractivity contribution in [3.63, 3.8) is 0 Å². The Hall–Kier alpha value is -4.04. The first-order chi connectivity index (χ1) is 17.9. The van der Waals surface area contributed by atoms with Gasteiger partial charge in [0.1, 0.15) is 5.75 Å². The van der Waals surface area contributed by atoms with Gasteiger partial charge in [-0.3, -0.25) is 9.89 Å². The Morgan fingerprint density at radius 3 is 2.41 bits per heavy atom. The van der Waals surface area contributed by atoms with E-state index in [4.69, 9.17) is 0 Å². The van der Waals surface area contributed by atoms with Crippen molar-refractivity contribution in [1.29, 1.82) is 0 Å². The Kier molecular flexibility index (Phi) is 8.64. The quantitative estimate of drug-likeness (QED) is 0.290. The molecule has 5 rings (SSSR count). The van der Waals surface area contributed by atoms with E-state index in [0.717, 1.165) is 36.0 Å². The predicted octanol–water partition coefficient (Wildman–Crippen LogP) is 6.43. The van der Waals surface area contributed by atoms with E-state index in [0.29, 0.717) is 5.69 Å². The van der Waals surface area contributed by atoms with Crippen molar-refractivity contribution in [2.45, 2.75) is 26.0 Å². The maximum atomic E-state index is 11.9. The van der Waals surface area contributed by atoms with Crippen LogP contribution in [-0.4, -0.2) is 41.7 Å². The number of hydrogen-bond donors (Lipinski definition) is 2. The Balaban J connectivity index is 0.000000180. The number of halogens is 2. The number of aromatic nitrogens is 2. The minimum absolute atomic E-state index is 0.0115. The smallest absolute Gasteiger partial charge is 0.387 e. The lowest BCUT2D eigenvalue weighted by atomic mass is 10.1. The predicted molar refractivity (Wildman–Crippen MR) is 143 cm³/mol. The van der Waals surface area contributed by atoms with E-state index in [1.807, 2.05) is 18.2 Å². The van der Waals surface area contributed by atoms with Gasteiger partial charge < -0.3 is 15.0 Å². The first kappa shape index (κ1) is 26.0. The SMILES string of the molecule is CN(C)Cc1ccc(/C=C/c2n[nH]c3ccccc23)cc1.O=C(Nc1ccc(OC(F)F)cc1)C1CC1. The van der Waals surface area contributed by atoms with Gasteiger partial charge in [-0.05, 0) is 74.5 Å². The molecule has 1 aromatic heterocycles. The van der Waals surface area contributed by atoms with Crippen molar-refractivity contribution in [3.05, 3.63) is 89.6 Å². The molecule has 192 valence electrons. The van der Waals surface area contributed by atoms with Crippen LogP contribution in [0.4, 0.5) is 14.5 Å². The van der Waals surface area contributed by atoms with Crippen LogP contribution in [0.15, 0.2) is 72.8 Å². The number of fused-ring (bicyclic) bond motifs is 1. The number of ether oxygens (including phenoxy) is 1. The lowest BCUT2D eigenvalue weighted by Crippen LogP contribution is -2.13. The number of aromatic amines is 1. The van der Waals surface area contributed by atoms with Gasteiger partial charge in [0, 0.05) is 23.5 Å². The molecule has 8 heteroatoms. The molecule has 37 heavy (non-hydrogen) atoms. The van der Waals surface area contributed by atoms with Crippen LogP contribution in [0.25, 0.3) is 23.1 Å². The molecular formula is C29H30F2N4O2. The average Bonchev–Trinajstić information content (AvgIpc) is 3.65. The molecule has 0 atom stereocenters. The highest BCUT2D eigenvalue weighted by Gasteiger charge is 2.29. The fourth-order valence-electron chi connectivity index (χ4n) is 3.70. The highest BCUT2D eigenvalue weighted by atomic mass is 19.3.